The van der Waals surface area contributed by atoms with Gasteiger partial charge < -0.3 is 15.4 Å². The molecule has 0 aliphatic rings. The van der Waals surface area contributed by atoms with E-state index in [1.165, 1.54) is 11.1 Å². The highest BCUT2D eigenvalue weighted by molar-refractivity contribution is 7.80. The third-order valence-electron chi connectivity index (χ3n) is 1.99. The third-order valence-corrected chi connectivity index (χ3v) is 3.19. The molecular formula is C10H16N2OS2. The third kappa shape index (κ3) is 4.59. The van der Waals surface area contributed by atoms with Crippen LogP contribution in [0.15, 0.2) is 10.8 Å². The largest absolute Gasteiger partial charge is 0.383 e. The molecule has 1 rings (SSSR count). The van der Waals surface area contributed by atoms with Gasteiger partial charge in [0.1, 0.15) is 0 Å². The van der Waals surface area contributed by atoms with Gasteiger partial charge in [-0.15, -0.1) is 0 Å². The van der Waals surface area contributed by atoms with Gasteiger partial charge in [0, 0.05) is 20.2 Å². The van der Waals surface area contributed by atoms with E-state index >= 15 is 0 Å². The van der Waals surface area contributed by atoms with Crippen LogP contribution in [0.5, 0.6) is 0 Å². The Kier molecular flexibility index (Phi) is 5.60. The molecule has 0 amide bonds. The molecule has 0 atom stereocenters. The Morgan fingerprint density at radius 1 is 1.47 bits per heavy atom. The highest BCUT2D eigenvalue weighted by Gasteiger charge is 1.99. The summed E-state index contributed by atoms with van der Waals surface area (Å²) in [6, 6.07) is 0. The lowest BCUT2D eigenvalue weighted by Crippen LogP contribution is -2.36. The Bertz CT molecular complexity index is 312. The highest BCUT2D eigenvalue weighted by atomic mass is 32.1. The van der Waals surface area contributed by atoms with Gasteiger partial charge in [0.25, 0.3) is 0 Å². The average Bonchev–Trinajstić information content (AvgIpc) is 2.61. The molecule has 1 heterocycles. The molecule has 2 N–H and O–H groups in total. The minimum Gasteiger partial charge on any atom is -0.383 e. The van der Waals surface area contributed by atoms with Gasteiger partial charge in [0.05, 0.1) is 6.61 Å². The van der Waals surface area contributed by atoms with E-state index in [1.54, 1.807) is 18.4 Å². The maximum absolute atomic E-state index is 5.11. The Labute approximate surface area is 99.8 Å². The molecule has 84 valence electrons. The molecule has 0 unspecified atom stereocenters. The second-order valence-corrected chi connectivity index (χ2v) is 4.33. The zero-order valence-corrected chi connectivity index (χ0v) is 10.6. The molecule has 3 nitrogen and oxygen atoms in total. The van der Waals surface area contributed by atoms with Crippen LogP contribution in [0.4, 0.5) is 0 Å². The van der Waals surface area contributed by atoms with Crippen molar-refractivity contribution in [3.8, 4) is 0 Å². The van der Waals surface area contributed by atoms with Crippen molar-refractivity contribution in [1.82, 2.24) is 10.6 Å². The number of rotatable bonds is 5. The molecule has 0 bridgehead atoms. The van der Waals surface area contributed by atoms with E-state index in [0.29, 0.717) is 11.7 Å². The molecule has 0 fully saturated rings. The van der Waals surface area contributed by atoms with Gasteiger partial charge in [0.15, 0.2) is 5.11 Å². The SMILES string of the molecule is COCCNC(=S)NCc1cscc1C. The number of hydrogen-bond acceptors (Lipinski definition) is 3. The molecule has 1 aromatic rings. The fourth-order valence-corrected chi connectivity index (χ4v) is 2.10. The van der Waals surface area contributed by atoms with Crippen molar-refractivity contribution < 1.29 is 4.74 Å². The highest BCUT2D eigenvalue weighted by Crippen LogP contribution is 2.12. The lowest BCUT2D eigenvalue weighted by molar-refractivity contribution is 0.204. The molecule has 0 aliphatic heterocycles. The standard InChI is InChI=1S/C10H16N2OS2/c1-8-6-15-7-9(8)5-12-10(14)11-3-4-13-2/h6-7H,3-5H2,1-2H3,(H2,11,12,14). The van der Waals surface area contributed by atoms with Crippen LogP contribution in [0.1, 0.15) is 11.1 Å². The van der Waals surface area contributed by atoms with Crippen LogP contribution >= 0.6 is 23.6 Å². The molecule has 0 radical (unpaired) electrons. The van der Waals surface area contributed by atoms with Crippen LogP contribution in [0.2, 0.25) is 0 Å². The van der Waals surface area contributed by atoms with Gasteiger partial charge in [-0.2, -0.15) is 11.3 Å². The predicted molar refractivity (Wildman–Crippen MR) is 68.4 cm³/mol. The Balaban J connectivity index is 2.20. The lowest BCUT2D eigenvalue weighted by atomic mass is 10.2. The fraction of sp³-hybridized carbons (Fsp3) is 0.500. The van der Waals surface area contributed by atoms with Crippen molar-refractivity contribution in [3.05, 3.63) is 21.9 Å². The van der Waals surface area contributed by atoms with Crippen LogP contribution < -0.4 is 10.6 Å². The van der Waals surface area contributed by atoms with Crippen molar-refractivity contribution in [2.24, 2.45) is 0 Å². The van der Waals surface area contributed by atoms with Gasteiger partial charge in [-0.25, -0.2) is 0 Å². The second kappa shape index (κ2) is 6.76. The van der Waals surface area contributed by atoms with Crippen LogP contribution in [-0.2, 0) is 11.3 Å². The first-order chi connectivity index (χ1) is 7.24. The van der Waals surface area contributed by atoms with E-state index in [1.807, 2.05) is 0 Å². The summed E-state index contributed by atoms with van der Waals surface area (Å²) in [5.41, 5.74) is 2.61. The number of hydrogen-bond donors (Lipinski definition) is 2. The van der Waals surface area contributed by atoms with E-state index < -0.39 is 0 Å². The molecule has 15 heavy (non-hydrogen) atoms. The normalized spacial score (nSPS) is 10.0. The fourth-order valence-electron chi connectivity index (χ4n) is 1.07. The summed E-state index contributed by atoms with van der Waals surface area (Å²) in [7, 11) is 1.67. The summed E-state index contributed by atoms with van der Waals surface area (Å²) in [4.78, 5) is 0. The summed E-state index contributed by atoms with van der Waals surface area (Å²) >= 11 is 6.83. The molecule has 0 spiro atoms. The van der Waals surface area contributed by atoms with Gasteiger partial charge >= 0.3 is 0 Å². The molecular weight excluding hydrogens is 228 g/mol. The van der Waals surface area contributed by atoms with E-state index in [0.717, 1.165) is 13.1 Å². The van der Waals surface area contributed by atoms with Gasteiger partial charge in [0.2, 0.25) is 0 Å². The van der Waals surface area contributed by atoms with E-state index in [4.69, 9.17) is 17.0 Å². The van der Waals surface area contributed by atoms with Gasteiger partial charge in [-0.3, -0.25) is 0 Å². The first-order valence-electron chi connectivity index (χ1n) is 4.76. The number of methoxy groups -OCH3 is 1. The Hall–Kier alpha value is -0.650. The molecule has 0 aromatic carbocycles. The molecule has 0 saturated heterocycles. The van der Waals surface area contributed by atoms with Crippen LogP contribution in [0.25, 0.3) is 0 Å². The van der Waals surface area contributed by atoms with Crippen molar-refractivity contribution in [1.29, 1.82) is 0 Å². The topological polar surface area (TPSA) is 33.3 Å². The maximum Gasteiger partial charge on any atom is 0.166 e. The summed E-state index contributed by atoms with van der Waals surface area (Å²) in [5.74, 6) is 0. The molecule has 0 saturated carbocycles. The van der Waals surface area contributed by atoms with Gasteiger partial charge in [-0.1, -0.05) is 0 Å². The van der Waals surface area contributed by atoms with Crippen molar-refractivity contribution in [2.45, 2.75) is 13.5 Å². The van der Waals surface area contributed by atoms with E-state index in [-0.39, 0.29) is 0 Å². The van der Waals surface area contributed by atoms with Crippen LogP contribution in [-0.4, -0.2) is 25.4 Å². The smallest absolute Gasteiger partial charge is 0.166 e. The predicted octanol–water partition coefficient (Wildman–Crippen LogP) is 1.67. The van der Waals surface area contributed by atoms with Crippen molar-refractivity contribution in [2.75, 3.05) is 20.3 Å². The monoisotopic (exact) mass is 244 g/mol. The van der Waals surface area contributed by atoms with E-state index in [2.05, 4.69) is 28.3 Å². The zero-order valence-electron chi connectivity index (χ0n) is 9.00. The van der Waals surface area contributed by atoms with Gasteiger partial charge in [-0.05, 0) is 41.0 Å². The average molecular weight is 244 g/mol. The number of aryl methyl sites for hydroxylation is 1. The summed E-state index contributed by atoms with van der Waals surface area (Å²) in [6.07, 6.45) is 0. The molecule has 0 aliphatic carbocycles. The van der Waals surface area contributed by atoms with E-state index in [9.17, 15) is 0 Å². The minimum absolute atomic E-state index is 0.666. The van der Waals surface area contributed by atoms with Crippen molar-refractivity contribution >= 4 is 28.7 Å². The summed E-state index contributed by atoms with van der Waals surface area (Å²) in [5, 5.41) is 11.2. The summed E-state index contributed by atoms with van der Waals surface area (Å²) < 4.78 is 4.91. The Morgan fingerprint density at radius 3 is 2.87 bits per heavy atom. The zero-order chi connectivity index (χ0) is 11.1. The first kappa shape index (κ1) is 12.4. The molecule has 1 aromatic heterocycles. The van der Waals surface area contributed by atoms with Crippen LogP contribution in [0.3, 0.4) is 0 Å². The minimum atomic E-state index is 0.666. The Morgan fingerprint density at radius 2 is 2.27 bits per heavy atom. The molecule has 5 heteroatoms. The number of ether oxygens (including phenoxy) is 1. The maximum atomic E-state index is 5.11. The number of nitrogens with one attached hydrogen (secondary N) is 2. The van der Waals surface area contributed by atoms with Crippen molar-refractivity contribution in [3.63, 3.8) is 0 Å². The first-order valence-corrected chi connectivity index (χ1v) is 6.11. The number of thiophene rings is 1. The summed E-state index contributed by atoms with van der Waals surface area (Å²) in [6.45, 7) is 4.30. The lowest BCUT2D eigenvalue weighted by Gasteiger charge is -2.09. The second-order valence-electron chi connectivity index (χ2n) is 3.18. The quantitative estimate of drug-likeness (QED) is 0.610. The number of thiocarbonyl (C=S) groups is 1. The van der Waals surface area contributed by atoms with Crippen LogP contribution in [0, 0.1) is 6.92 Å².